The number of rotatable bonds is 8. The molecule has 204 valence electrons. The number of imidazole rings is 1. The number of carboxylic acids is 2. The van der Waals surface area contributed by atoms with Gasteiger partial charge in [-0.05, 0) is 60.9 Å². The van der Waals surface area contributed by atoms with Crippen molar-refractivity contribution in [3.63, 3.8) is 0 Å². The van der Waals surface area contributed by atoms with Crippen LogP contribution >= 0.6 is 0 Å². The first-order chi connectivity index (χ1) is 19.4. The molecule has 1 saturated carbocycles. The van der Waals surface area contributed by atoms with Gasteiger partial charge in [0.25, 0.3) is 5.91 Å². The summed E-state index contributed by atoms with van der Waals surface area (Å²) in [7, 11) is 0. The van der Waals surface area contributed by atoms with Crippen molar-refractivity contribution in [1.82, 2.24) is 19.9 Å². The number of nitrogens with one attached hydrogen (secondary N) is 2. The first-order valence-electron chi connectivity index (χ1n) is 13.3. The van der Waals surface area contributed by atoms with Crippen molar-refractivity contribution >= 4 is 39.8 Å². The minimum absolute atomic E-state index is 0.0205. The Kier molecular flexibility index (Phi) is 6.59. The summed E-state index contributed by atoms with van der Waals surface area (Å²) >= 11 is 0. The Hall–Kier alpha value is -4.86. The molecule has 1 atom stereocenters. The molecule has 40 heavy (non-hydrogen) atoms. The molecule has 1 amide bonds. The smallest absolute Gasteiger partial charge is 0.335 e. The average molecular weight is 541 g/mol. The van der Waals surface area contributed by atoms with Crippen molar-refractivity contribution in [2.75, 3.05) is 0 Å². The van der Waals surface area contributed by atoms with E-state index < -0.39 is 23.9 Å². The third kappa shape index (κ3) is 4.72. The van der Waals surface area contributed by atoms with Crippen LogP contribution in [0.1, 0.15) is 64.4 Å². The Morgan fingerprint density at radius 1 is 1.05 bits per heavy atom. The van der Waals surface area contributed by atoms with Crippen LogP contribution in [0.25, 0.3) is 33.3 Å². The monoisotopic (exact) mass is 540 g/mol. The Bertz CT molecular complexity index is 1730. The molecule has 6 rings (SSSR count). The number of benzene rings is 2. The molecular weight excluding hydrogens is 512 g/mol. The second-order valence-corrected chi connectivity index (χ2v) is 10.3. The summed E-state index contributed by atoms with van der Waals surface area (Å²) in [6.45, 7) is 0. The average Bonchev–Trinajstić information content (AvgIpc) is 3.71. The molecule has 1 unspecified atom stereocenters. The van der Waals surface area contributed by atoms with Crippen LogP contribution in [0.2, 0.25) is 0 Å². The molecule has 1 aliphatic rings. The summed E-state index contributed by atoms with van der Waals surface area (Å²) in [6.07, 6.45) is 10.5. The van der Waals surface area contributed by atoms with Gasteiger partial charge in [-0.1, -0.05) is 19.3 Å². The number of H-pyrrole nitrogens is 1. The number of fused-ring (bicyclic) bond motifs is 2. The number of carboxylic acid groups (broad SMARTS) is 2. The number of amides is 1. The molecule has 10 nitrogen and oxygen atoms in total. The van der Waals surface area contributed by atoms with Gasteiger partial charge in [0.2, 0.25) is 0 Å². The molecule has 0 saturated heterocycles. The number of carbonyl (C=O) groups is 3. The second kappa shape index (κ2) is 10.4. The molecular formula is C30H28N4O6. The van der Waals surface area contributed by atoms with Gasteiger partial charge >= 0.3 is 11.9 Å². The van der Waals surface area contributed by atoms with Crippen LogP contribution in [0.3, 0.4) is 0 Å². The number of hydrogen-bond acceptors (Lipinski definition) is 5. The molecule has 1 aliphatic carbocycles. The first kappa shape index (κ1) is 25.4. The minimum Gasteiger partial charge on any atom is -0.480 e. The zero-order valence-electron chi connectivity index (χ0n) is 21.6. The van der Waals surface area contributed by atoms with Crippen LogP contribution < -0.4 is 5.32 Å². The van der Waals surface area contributed by atoms with E-state index in [-0.39, 0.29) is 12.0 Å². The molecule has 10 heteroatoms. The summed E-state index contributed by atoms with van der Waals surface area (Å²) in [4.78, 5) is 44.7. The van der Waals surface area contributed by atoms with E-state index in [0.717, 1.165) is 42.6 Å². The van der Waals surface area contributed by atoms with E-state index in [4.69, 9.17) is 9.40 Å². The second-order valence-electron chi connectivity index (χ2n) is 10.3. The Morgan fingerprint density at radius 3 is 2.58 bits per heavy atom. The number of aliphatic carboxylic acids is 1. The standard InChI is InChI=1S/C30H28N4O6/c35-28(33-25(30(38)39)14-20-15-31-23-8-6-18(29(36)37)12-22(20)23)17-7-9-26-24(13-17)32-27(19-10-11-40-16-19)34(26)21-4-2-1-3-5-21/h6-13,15-16,21,25,31H,1-5,14H2,(H,33,35)(H,36,37)(H,38,39). The lowest BCUT2D eigenvalue weighted by Gasteiger charge is -2.25. The maximum absolute atomic E-state index is 13.3. The summed E-state index contributed by atoms with van der Waals surface area (Å²) in [5, 5.41) is 22.5. The molecule has 4 N–H and O–H groups in total. The number of nitrogens with zero attached hydrogens (tertiary/aromatic N) is 2. The van der Waals surface area contributed by atoms with Crippen LogP contribution in [0.4, 0.5) is 0 Å². The summed E-state index contributed by atoms with van der Waals surface area (Å²) < 4.78 is 7.56. The highest BCUT2D eigenvalue weighted by Crippen LogP contribution is 2.36. The van der Waals surface area contributed by atoms with Crippen LogP contribution in [-0.4, -0.2) is 48.6 Å². The van der Waals surface area contributed by atoms with E-state index in [9.17, 15) is 24.6 Å². The molecule has 2 aromatic carbocycles. The maximum Gasteiger partial charge on any atom is 0.335 e. The Morgan fingerprint density at radius 2 is 1.85 bits per heavy atom. The largest absolute Gasteiger partial charge is 0.480 e. The number of aromatic nitrogens is 3. The lowest BCUT2D eigenvalue weighted by atomic mass is 9.95. The van der Waals surface area contributed by atoms with Crippen molar-refractivity contribution in [2.45, 2.75) is 50.6 Å². The van der Waals surface area contributed by atoms with Crippen LogP contribution in [0, 0.1) is 0 Å². The van der Waals surface area contributed by atoms with Gasteiger partial charge in [-0.3, -0.25) is 4.79 Å². The van der Waals surface area contributed by atoms with Gasteiger partial charge in [0.15, 0.2) is 0 Å². The van der Waals surface area contributed by atoms with Gasteiger partial charge in [0.05, 0.1) is 28.4 Å². The highest BCUT2D eigenvalue weighted by atomic mass is 16.4. The van der Waals surface area contributed by atoms with E-state index in [2.05, 4.69) is 14.9 Å². The van der Waals surface area contributed by atoms with Gasteiger partial charge in [-0.25, -0.2) is 14.6 Å². The maximum atomic E-state index is 13.3. The summed E-state index contributed by atoms with van der Waals surface area (Å²) in [5.74, 6) is -2.01. The molecule has 3 aromatic heterocycles. The number of hydrogen-bond donors (Lipinski definition) is 4. The lowest BCUT2D eigenvalue weighted by molar-refractivity contribution is -0.139. The minimum atomic E-state index is -1.23. The van der Waals surface area contributed by atoms with E-state index in [1.165, 1.54) is 18.6 Å². The van der Waals surface area contributed by atoms with Crippen molar-refractivity contribution in [3.8, 4) is 11.4 Å². The predicted octanol–water partition coefficient (Wildman–Crippen LogP) is 5.41. The summed E-state index contributed by atoms with van der Waals surface area (Å²) in [5.41, 5.74) is 4.11. The molecule has 0 bridgehead atoms. The third-order valence-electron chi connectivity index (χ3n) is 7.71. The van der Waals surface area contributed by atoms with Crippen molar-refractivity contribution < 1.29 is 29.0 Å². The SMILES string of the molecule is O=C(O)c1ccc2[nH]cc(CC(NC(=O)c3ccc4c(c3)nc(-c3ccoc3)n4C3CCCCC3)C(=O)O)c2c1. The fourth-order valence-corrected chi connectivity index (χ4v) is 5.69. The fraction of sp³-hybridized carbons (Fsp3) is 0.267. The van der Waals surface area contributed by atoms with E-state index >= 15 is 0 Å². The third-order valence-corrected chi connectivity index (χ3v) is 7.71. The van der Waals surface area contributed by atoms with E-state index in [0.29, 0.717) is 33.6 Å². The summed E-state index contributed by atoms with van der Waals surface area (Å²) in [6, 6.07) is 10.8. The molecule has 5 aromatic rings. The molecule has 0 aliphatic heterocycles. The highest BCUT2D eigenvalue weighted by molar-refractivity contribution is 6.00. The first-order valence-corrected chi connectivity index (χ1v) is 13.3. The molecule has 1 fully saturated rings. The predicted molar refractivity (Wildman–Crippen MR) is 147 cm³/mol. The van der Waals surface area contributed by atoms with Gasteiger partial charge in [-0.2, -0.15) is 0 Å². The van der Waals surface area contributed by atoms with Gasteiger partial charge < -0.3 is 29.5 Å². The van der Waals surface area contributed by atoms with E-state index in [1.54, 1.807) is 36.9 Å². The zero-order chi connectivity index (χ0) is 27.8. The van der Waals surface area contributed by atoms with E-state index in [1.807, 2.05) is 12.1 Å². The van der Waals surface area contributed by atoms with Gasteiger partial charge in [0, 0.05) is 35.1 Å². The van der Waals surface area contributed by atoms with Crippen molar-refractivity contribution in [1.29, 1.82) is 0 Å². The fourth-order valence-electron chi connectivity index (χ4n) is 5.69. The number of furan rings is 1. The van der Waals surface area contributed by atoms with Crippen molar-refractivity contribution in [3.05, 3.63) is 77.9 Å². The quantitative estimate of drug-likeness (QED) is 0.206. The van der Waals surface area contributed by atoms with Crippen LogP contribution in [-0.2, 0) is 11.2 Å². The molecule has 0 spiro atoms. The number of aromatic amines is 1. The zero-order valence-corrected chi connectivity index (χ0v) is 21.6. The van der Waals surface area contributed by atoms with Crippen LogP contribution in [0.5, 0.6) is 0 Å². The highest BCUT2D eigenvalue weighted by Gasteiger charge is 2.26. The number of aromatic carboxylic acids is 1. The molecule has 3 heterocycles. The molecule has 0 radical (unpaired) electrons. The Balaban J connectivity index is 1.29. The van der Waals surface area contributed by atoms with Gasteiger partial charge in [0.1, 0.15) is 18.1 Å². The van der Waals surface area contributed by atoms with Gasteiger partial charge in [-0.15, -0.1) is 0 Å². The Labute approximate surface area is 228 Å². The topological polar surface area (TPSA) is 150 Å². The number of carbonyl (C=O) groups excluding carboxylic acids is 1. The van der Waals surface area contributed by atoms with Crippen molar-refractivity contribution in [2.24, 2.45) is 0 Å². The van der Waals surface area contributed by atoms with Crippen LogP contribution in [0.15, 0.2) is 65.6 Å². The normalized spacial score (nSPS) is 14.9. The lowest BCUT2D eigenvalue weighted by Crippen LogP contribution is -2.42.